The molecular formula is C35H41Cl2FN6O3. The Morgan fingerprint density at radius 1 is 1.19 bits per heavy atom. The molecule has 2 aliphatic heterocycles. The molecule has 5 heterocycles. The number of amides is 1. The fourth-order valence-electron chi connectivity index (χ4n) is 8.37. The highest BCUT2D eigenvalue weighted by molar-refractivity contribution is 6.43. The summed E-state index contributed by atoms with van der Waals surface area (Å²) in [6.07, 6.45) is 5.79. The molecule has 3 aliphatic rings. The van der Waals surface area contributed by atoms with E-state index in [-0.39, 0.29) is 52.5 Å². The van der Waals surface area contributed by atoms with Crippen molar-refractivity contribution in [2.75, 3.05) is 33.8 Å². The van der Waals surface area contributed by atoms with Gasteiger partial charge in [-0.05, 0) is 83.1 Å². The van der Waals surface area contributed by atoms with Crippen LogP contribution in [-0.2, 0) is 4.74 Å². The molecule has 12 heteroatoms. The van der Waals surface area contributed by atoms with Crippen molar-refractivity contribution in [3.05, 3.63) is 52.0 Å². The number of ether oxygens (including phenoxy) is 2. The minimum atomic E-state index is -0.604. The Morgan fingerprint density at radius 2 is 1.98 bits per heavy atom. The predicted octanol–water partition coefficient (Wildman–Crippen LogP) is 7.62. The van der Waals surface area contributed by atoms with E-state index in [1.54, 1.807) is 29.3 Å². The van der Waals surface area contributed by atoms with Crippen LogP contribution in [0.4, 0.5) is 9.18 Å². The number of halogens is 3. The molecule has 0 spiro atoms. The van der Waals surface area contributed by atoms with Crippen LogP contribution in [0.15, 0.2) is 30.5 Å². The molecule has 0 radical (unpaired) electrons. The molecule has 1 aromatic carbocycles. The van der Waals surface area contributed by atoms with Crippen molar-refractivity contribution >= 4 is 51.1 Å². The first kappa shape index (κ1) is 32.4. The summed E-state index contributed by atoms with van der Waals surface area (Å²) in [5.41, 5.74) is 8.65. The molecule has 1 amide bonds. The fourth-order valence-corrected chi connectivity index (χ4v) is 8.76. The maximum absolute atomic E-state index is 16.9. The number of hydrogen-bond donors (Lipinski definition) is 1. The summed E-state index contributed by atoms with van der Waals surface area (Å²) in [6, 6.07) is 7.17. The lowest BCUT2D eigenvalue weighted by Crippen LogP contribution is -2.42. The zero-order chi connectivity index (χ0) is 33.1. The number of pyridine rings is 2. The summed E-state index contributed by atoms with van der Waals surface area (Å²) in [4.78, 5) is 26.6. The van der Waals surface area contributed by atoms with E-state index in [0.29, 0.717) is 40.9 Å². The highest BCUT2D eigenvalue weighted by Crippen LogP contribution is 2.51. The minimum absolute atomic E-state index is 0.0366. The Kier molecular flexibility index (Phi) is 8.74. The lowest BCUT2D eigenvalue weighted by molar-refractivity contribution is 0.0937. The zero-order valence-electron chi connectivity index (χ0n) is 27.2. The van der Waals surface area contributed by atoms with Gasteiger partial charge in [-0.1, -0.05) is 42.3 Å². The SMILES string of the molecule is COC(=O)N1CCC[C@@H]1c1cc2c(O[C@@H](C)[C@@H]3CCCN3C)nc3c(F)c(-c4cccc(Cl)c4Cl)ncc3c2n1[C@H]1[C@@H](CN)C[C@@H]1C. The number of fused-ring (bicyclic) bond motifs is 3. The van der Waals surface area contributed by atoms with Gasteiger partial charge in [0.2, 0.25) is 5.88 Å². The van der Waals surface area contributed by atoms with Crippen molar-refractivity contribution in [1.29, 1.82) is 0 Å². The molecular weight excluding hydrogens is 642 g/mol. The molecule has 3 fully saturated rings. The summed E-state index contributed by atoms with van der Waals surface area (Å²) in [6.45, 7) is 6.37. The first-order chi connectivity index (χ1) is 22.6. The number of nitrogens with two attached hydrogens (primary N) is 1. The highest BCUT2D eigenvalue weighted by atomic mass is 35.5. The van der Waals surface area contributed by atoms with Gasteiger partial charge in [-0.15, -0.1) is 0 Å². The van der Waals surface area contributed by atoms with Crippen LogP contribution in [0.1, 0.15) is 63.7 Å². The summed E-state index contributed by atoms with van der Waals surface area (Å²) in [5.74, 6) is 0.278. The van der Waals surface area contributed by atoms with Gasteiger partial charge in [-0.3, -0.25) is 14.8 Å². The summed E-state index contributed by atoms with van der Waals surface area (Å²) in [7, 11) is 3.52. The van der Waals surface area contributed by atoms with Crippen molar-refractivity contribution in [2.24, 2.45) is 17.6 Å². The summed E-state index contributed by atoms with van der Waals surface area (Å²) < 4.78 is 31.1. The van der Waals surface area contributed by atoms with Crippen LogP contribution < -0.4 is 10.5 Å². The molecule has 4 aromatic rings. The van der Waals surface area contributed by atoms with Crippen LogP contribution in [0, 0.1) is 17.7 Å². The van der Waals surface area contributed by atoms with Crippen molar-refractivity contribution in [3.63, 3.8) is 0 Å². The standard InChI is InChI=1S/C35H41Cl2FN6O3/c1-18-14-20(16-39)32(18)44-27(26-11-7-13-43(26)35(45)46-4)15-22-33(44)23-17-40-30(21-8-5-9-24(36)28(21)37)29(38)31(23)41-34(22)47-19(2)25-10-6-12-42(25)3/h5,8-9,15,17-20,25-26,32H,6-7,10-14,16,39H2,1-4H3/t18-,19-,20+,25-,26+,32+/m0/s1. The zero-order valence-corrected chi connectivity index (χ0v) is 28.7. The van der Waals surface area contributed by atoms with Gasteiger partial charge < -0.3 is 19.8 Å². The van der Waals surface area contributed by atoms with E-state index in [1.807, 2.05) is 0 Å². The Balaban J connectivity index is 1.51. The smallest absolute Gasteiger partial charge is 0.410 e. The molecule has 9 nitrogen and oxygen atoms in total. The third-order valence-corrected chi connectivity index (χ3v) is 11.5. The van der Waals surface area contributed by atoms with Gasteiger partial charge in [0.05, 0.1) is 34.1 Å². The molecule has 6 atom stereocenters. The molecule has 3 aromatic heterocycles. The van der Waals surface area contributed by atoms with Gasteiger partial charge in [-0.25, -0.2) is 14.2 Å². The first-order valence-electron chi connectivity index (χ1n) is 16.5. The fraction of sp³-hybridized carbons (Fsp3) is 0.514. The molecule has 7 rings (SSSR count). The Hall–Kier alpha value is -3.18. The minimum Gasteiger partial charge on any atom is -0.472 e. The Labute approximate surface area is 284 Å². The number of aromatic nitrogens is 3. The van der Waals surface area contributed by atoms with Crippen LogP contribution in [0.3, 0.4) is 0 Å². The number of likely N-dealkylation sites (N-methyl/N-ethyl adjacent to an activating group) is 1. The summed E-state index contributed by atoms with van der Waals surface area (Å²) in [5, 5.41) is 1.85. The van der Waals surface area contributed by atoms with Gasteiger partial charge in [0.15, 0.2) is 5.82 Å². The number of carbonyl (C=O) groups excluding carboxylic acids is 1. The third-order valence-electron chi connectivity index (χ3n) is 10.7. The lowest BCUT2D eigenvalue weighted by atomic mass is 9.70. The maximum Gasteiger partial charge on any atom is 0.410 e. The van der Waals surface area contributed by atoms with Crippen LogP contribution in [0.2, 0.25) is 10.0 Å². The van der Waals surface area contributed by atoms with Crippen LogP contribution in [0.25, 0.3) is 33.1 Å². The quantitative estimate of drug-likeness (QED) is 0.214. The van der Waals surface area contributed by atoms with Gasteiger partial charge >= 0.3 is 6.09 Å². The largest absolute Gasteiger partial charge is 0.472 e. The van der Waals surface area contributed by atoms with Crippen molar-refractivity contribution in [1.82, 2.24) is 24.3 Å². The van der Waals surface area contributed by atoms with Crippen LogP contribution in [0.5, 0.6) is 5.88 Å². The second-order valence-corrected chi connectivity index (χ2v) is 14.2. The van der Waals surface area contributed by atoms with Gasteiger partial charge in [0.25, 0.3) is 0 Å². The second-order valence-electron chi connectivity index (χ2n) is 13.4. The Morgan fingerprint density at radius 3 is 2.68 bits per heavy atom. The third kappa shape index (κ3) is 5.32. The molecule has 47 heavy (non-hydrogen) atoms. The second kappa shape index (κ2) is 12.7. The van der Waals surface area contributed by atoms with E-state index in [1.165, 1.54) is 7.11 Å². The monoisotopic (exact) mass is 682 g/mol. The predicted molar refractivity (Wildman–Crippen MR) is 183 cm³/mol. The van der Waals surface area contributed by atoms with E-state index < -0.39 is 5.82 Å². The number of hydrogen-bond acceptors (Lipinski definition) is 7. The number of nitrogens with zero attached hydrogens (tertiary/aromatic N) is 5. The van der Waals surface area contributed by atoms with E-state index in [9.17, 15) is 4.79 Å². The average molecular weight is 684 g/mol. The van der Waals surface area contributed by atoms with Gasteiger partial charge in [-0.2, -0.15) is 0 Å². The number of carbonyl (C=O) groups is 1. The van der Waals surface area contributed by atoms with Gasteiger partial charge in [0, 0.05) is 41.5 Å². The normalized spacial score (nSPS) is 25.4. The maximum atomic E-state index is 16.9. The van der Waals surface area contributed by atoms with Gasteiger partial charge in [0.1, 0.15) is 17.3 Å². The molecule has 0 unspecified atom stereocenters. The molecule has 1 saturated carbocycles. The van der Waals surface area contributed by atoms with E-state index in [4.69, 9.17) is 43.4 Å². The van der Waals surface area contributed by atoms with Crippen LogP contribution in [-0.4, -0.2) is 76.4 Å². The van der Waals surface area contributed by atoms with Crippen molar-refractivity contribution < 1.29 is 18.7 Å². The molecule has 0 bridgehead atoms. The van der Waals surface area contributed by atoms with E-state index in [0.717, 1.165) is 55.2 Å². The first-order valence-corrected chi connectivity index (χ1v) is 17.3. The number of rotatable bonds is 7. The number of benzene rings is 1. The molecule has 2 saturated heterocycles. The lowest BCUT2D eigenvalue weighted by Gasteiger charge is -2.45. The van der Waals surface area contributed by atoms with Crippen molar-refractivity contribution in [2.45, 2.75) is 70.2 Å². The average Bonchev–Trinajstić information content (AvgIpc) is 3.80. The van der Waals surface area contributed by atoms with Crippen molar-refractivity contribution in [3.8, 4) is 17.1 Å². The highest BCUT2D eigenvalue weighted by Gasteiger charge is 2.43. The molecule has 1 aliphatic carbocycles. The molecule has 250 valence electrons. The number of methoxy groups -OCH3 is 1. The Bertz CT molecular complexity index is 1850. The van der Waals surface area contributed by atoms with E-state index in [2.05, 4.69) is 41.4 Å². The van der Waals surface area contributed by atoms with E-state index >= 15 is 4.39 Å². The van der Waals surface area contributed by atoms with Crippen LogP contribution >= 0.6 is 23.2 Å². The summed E-state index contributed by atoms with van der Waals surface area (Å²) >= 11 is 12.9. The topological polar surface area (TPSA) is 98.7 Å². The number of likely N-dealkylation sites (tertiary alicyclic amines) is 2. The molecule has 2 N–H and O–H groups in total.